The molecular formula is C8H13NO. The van der Waals surface area contributed by atoms with Gasteiger partial charge < -0.3 is 4.90 Å². The first-order valence-electron chi connectivity index (χ1n) is 4.08. The molecule has 2 atom stereocenters. The molecule has 2 aliphatic heterocycles. The van der Waals surface area contributed by atoms with Crippen molar-refractivity contribution in [2.24, 2.45) is 5.92 Å². The highest BCUT2D eigenvalue weighted by atomic mass is 16.2. The minimum atomic E-state index is 0.384. The van der Waals surface area contributed by atoms with E-state index in [1.54, 1.807) is 0 Å². The third-order valence-corrected chi connectivity index (χ3v) is 2.86. The molecule has 2 aliphatic rings. The number of hydrogen-bond acceptors (Lipinski definition) is 1. The molecule has 1 unspecified atom stereocenters. The van der Waals surface area contributed by atoms with E-state index in [4.69, 9.17) is 0 Å². The number of carbonyl (C=O) groups excluding carboxylic acids is 1. The molecule has 1 amide bonds. The van der Waals surface area contributed by atoms with Crippen LogP contribution in [-0.2, 0) is 4.79 Å². The second-order valence-electron chi connectivity index (χ2n) is 3.46. The summed E-state index contributed by atoms with van der Waals surface area (Å²) in [4.78, 5) is 13.2. The van der Waals surface area contributed by atoms with Crippen LogP contribution in [0.3, 0.4) is 0 Å². The summed E-state index contributed by atoms with van der Waals surface area (Å²) in [5.74, 6) is 1.14. The van der Waals surface area contributed by atoms with Gasteiger partial charge in [-0.15, -0.1) is 0 Å². The molecule has 2 saturated heterocycles. The number of nitrogens with zero attached hydrogens (tertiary/aromatic N) is 1. The van der Waals surface area contributed by atoms with Crippen molar-refractivity contribution in [3.05, 3.63) is 0 Å². The molecule has 0 bridgehead atoms. The number of hydrogen-bond donors (Lipinski definition) is 0. The minimum absolute atomic E-state index is 0.384. The molecule has 0 aliphatic carbocycles. The van der Waals surface area contributed by atoms with Gasteiger partial charge in [0.2, 0.25) is 5.91 Å². The molecule has 0 aromatic heterocycles. The first-order chi connectivity index (χ1) is 4.79. The highest BCUT2D eigenvalue weighted by Gasteiger charge is 2.38. The lowest BCUT2D eigenvalue weighted by atomic mass is 10.0. The summed E-state index contributed by atoms with van der Waals surface area (Å²) in [6.45, 7) is 3.27. The molecule has 2 heterocycles. The lowest BCUT2D eigenvalue weighted by molar-refractivity contribution is -0.128. The van der Waals surface area contributed by atoms with Crippen molar-refractivity contribution in [2.45, 2.75) is 32.2 Å². The number of amides is 1. The predicted molar refractivity (Wildman–Crippen MR) is 38.5 cm³/mol. The first kappa shape index (κ1) is 6.20. The number of carbonyl (C=O) groups is 1. The van der Waals surface area contributed by atoms with Crippen molar-refractivity contribution < 1.29 is 4.79 Å². The van der Waals surface area contributed by atoms with Gasteiger partial charge in [0.1, 0.15) is 0 Å². The summed E-state index contributed by atoms with van der Waals surface area (Å²) < 4.78 is 0. The van der Waals surface area contributed by atoms with E-state index < -0.39 is 0 Å². The van der Waals surface area contributed by atoms with Crippen LogP contribution >= 0.6 is 0 Å². The highest BCUT2D eigenvalue weighted by Crippen LogP contribution is 2.32. The third-order valence-electron chi connectivity index (χ3n) is 2.86. The maximum absolute atomic E-state index is 11.1. The van der Waals surface area contributed by atoms with Crippen LogP contribution in [-0.4, -0.2) is 23.4 Å². The van der Waals surface area contributed by atoms with Crippen molar-refractivity contribution >= 4 is 5.91 Å². The van der Waals surface area contributed by atoms with Gasteiger partial charge in [-0.05, 0) is 18.8 Å². The van der Waals surface area contributed by atoms with Crippen LogP contribution in [0, 0.1) is 5.92 Å². The second kappa shape index (κ2) is 1.97. The van der Waals surface area contributed by atoms with Crippen LogP contribution < -0.4 is 0 Å². The van der Waals surface area contributed by atoms with Crippen molar-refractivity contribution in [3.8, 4) is 0 Å². The summed E-state index contributed by atoms with van der Waals surface area (Å²) in [5.41, 5.74) is 0. The Morgan fingerprint density at radius 2 is 2.30 bits per heavy atom. The zero-order valence-corrected chi connectivity index (χ0v) is 6.34. The summed E-state index contributed by atoms with van der Waals surface area (Å²) in [6.07, 6.45) is 3.13. The zero-order valence-electron chi connectivity index (χ0n) is 6.34. The Balaban J connectivity index is 2.16. The monoisotopic (exact) mass is 139 g/mol. The fourth-order valence-electron chi connectivity index (χ4n) is 2.17. The average molecular weight is 139 g/mol. The first-order valence-corrected chi connectivity index (χ1v) is 4.08. The van der Waals surface area contributed by atoms with E-state index in [1.807, 2.05) is 0 Å². The Morgan fingerprint density at radius 1 is 1.50 bits per heavy atom. The molecule has 2 fully saturated rings. The van der Waals surface area contributed by atoms with Gasteiger partial charge in [-0.25, -0.2) is 0 Å². The molecule has 0 aromatic carbocycles. The SMILES string of the molecule is C[C@@H]1CCN2C(=O)CCC12. The van der Waals surface area contributed by atoms with Gasteiger partial charge in [-0.3, -0.25) is 4.79 Å². The standard InChI is InChI=1S/C8H13NO/c1-6-4-5-9-7(6)2-3-8(9)10/h6-7H,2-5H2,1H3/t6-,7?/m1/s1. The Kier molecular flexibility index (Phi) is 1.22. The summed E-state index contributed by atoms with van der Waals surface area (Å²) in [7, 11) is 0. The minimum Gasteiger partial charge on any atom is -0.339 e. The molecule has 2 heteroatoms. The average Bonchev–Trinajstić information content (AvgIpc) is 2.41. The van der Waals surface area contributed by atoms with E-state index >= 15 is 0 Å². The van der Waals surface area contributed by atoms with E-state index in [1.165, 1.54) is 6.42 Å². The Bertz CT molecular complexity index is 167. The van der Waals surface area contributed by atoms with Gasteiger partial charge in [0.15, 0.2) is 0 Å². The third kappa shape index (κ3) is 0.678. The van der Waals surface area contributed by atoms with Crippen LogP contribution in [0.25, 0.3) is 0 Å². The summed E-state index contributed by atoms with van der Waals surface area (Å²) >= 11 is 0. The molecule has 10 heavy (non-hydrogen) atoms. The van der Waals surface area contributed by atoms with Crippen molar-refractivity contribution in [1.29, 1.82) is 0 Å². The second-order valence-corrected chi connectivity index (χ2v) is 3.46. The van der Waals surface area contributed by atoms with Gasteiger partial charge >= 0.3 is 0 Å². The van der Waals surface area contributed by atoms with Gasteiger partial charge in [-0.2, -0.15) is 0 Å². The number of rotatable bonds is 0. The van der Waals surface area contributed by atoms with E-state index in [9.17, 15) is 4.79 Å². The summed E-state index contributed by atoms with van der Waals surface area (Å²) in [6, 6.07) is 0.604. The van der Waals surface area contributed by atoms with Crippen molar-refractivity contribution in [3.63, 3.8) is 0 Å². The van der Waals surface area contributed by atoms with Gasteiger partial charge in [0.05, 0.1) is 0 Å². The van der Waals surface area contributed by atoms with Gasteiger partial charge in [-0.1, -0.05) is 6.92 Å². The molecule has 0 saturated carbocycles. The van der Waals surface area contributed by atoms with E-state index in [-0.39, 0.29) is 0 Å². The molecule has 0 N–H and O–H groups in total. The fraction of sp³-hybridized carbons (Fsp3) is 0.875. The molecule has 2 rings (SSSR count). The maximum Gasteiger partial charge on any atom is 0.222 e. The van der Waals surface area contributed by atoms with Gasteiger partial charge in [0, 0.05) is 19.0 Å². The quantitative estimate of drug-likeness (QED) is 0.490. The molecule has 0 aromatic rings. The summed E-state index contributed by atoms with van der Waals surface area (Å²) in [5, 5.41) is 0. The van der Waals surface area contributed by atoms with Crippen molar-refractivity contribution in [1.82, 2.24) is 4.90 Å². The van der Waals surface area contributed by atoms with Crippen LogP contribution in [0.2, 0.25) is 0 Å². The largest absolute Gasteiger partial charge is 0.339 e. The molecular weight excluding hydrogens is 126 g/mol. The predicted octanol–water partition coefficient (Wildman–Crippen LogP) is 1.02. The Morgan fingerprint density at radius 3 is 3.00 bits per heavy atom. The van der Waals surface area contributed by atoms with Gasteiger partial charge in [0.25, 0.3) is 0 Å². The van der Waals surface area contributed by atoms with E-state index in [0.717, 1.165) is 25.3 Å². The normalized spacial score (nSPS) is 38.9. The fourth-order valence-corrected chi connectivity index (χ4v) is 2.17. The maximum atomic E-state index is 11.1. The van der Waals surface area contributed by atoms with E-state index in [0.29, 0.717) is 11.9 Å². The zero-order chi connectivity index (χ0) is 7.14. The molecule has 0 radical (unpaired) electrons. The van der Waals surface area contributed by atoms with Crippen molar-refractivity contribution in [2.75, 3.05) is 6.54 Å². The Labute approximate surface area is 61.2 Å². The lowest BCUT2D eigenvalue weighted by Crippen LogP contribution is -2.28. The van der Waals surface area contributed by atoms with E-state index in [2.05, 4.69) is 11.8 Å². The van der Waals surface area contributed by atoms with Crippen LogP contribution in [0.5, 0.6) is 0 Å². The number of fused-ring (bicyclic) bond motifs is 1. The van der Waals surface area contributed by atoms with Crippen LogP contribution in [0.1, 0.15) is 26.2 Å². The topological polar surface area (TPSA) is 20.3 Å². The van der Waals surface area contributed by atoms with Crippen LogP contribution in [0.4, 0.5) is 0 Å². The molecule has 2 nitrogen and oxygen atoms in total. The highest BCUT2D eigenvalue weighted by molar-refractivity contribution is 5.79. The van der Waals surface area contributed by atoms with Crippen LogP contribution in [0.15, 0.2) is 0 Å². The smallest absolute Gasteiger partial charge is 0.222 e. The molecule has 56 valence electrons. The lowest BCUT2D eigenvalue weighted by Gasteiger charge is -2.16. The molecule has 0 spiro atoms. The Hall–Kier alpha value is -0.530.